The van der Waals surface area contributed by atoms with Crippen LogP contribution in [0.5, 0.6) is 0 Å². The largest absolute Gasteiger partial charge is 0.465 e. The van der Waals surface area contributed by atoms with E-state index in [4.69, 9.17) is 30.9 Å². The van der Waals surface area contributed by atoms with E-state index in [0.29, 0.717) is 47.1 Å². The molecule has 1 aromatic carbocycles. The summed E-state index contributed by atoms with van der Waals surface area (Å²) in [4.78, 5) is 93.9. The minimum atomic E-state index is -1.64. The maximum Gasteiger partial charge on any atom is 0.405 e. The van der Waals surface area contributed by atoms with Crippen LogP contribution >= 0.6 is 22.7 Å². The smallest absolute Gasteiger partial charge is 0.405 e. The summed E-state index contributed by atoms with van der Waals surface area (Å²) in [6.45, 7) is 9.78. The predicted octanol–water partition coefficient (Wildman–Crippen LogP) is 3.93. The maximum atomic E-state index is 14.1. The highest BCUT2D eigenvalue weighted by atomic mass is 32.1. The van der Waals surface area contributed by atoms with Crippen molar-refractivity contribution in [3.8, 4) is 0 Å². The van der Waals surface area contributed by atoms with Crippen LogP contribution in [0.2, 0.25) is 0 Å². The van der Waals surface area contributed by atoms with E-state index in [9.17, 15) is 39.0 Å². The van der Waals surface area contributed by atoms with Crippen LogP contribution in [0, 0.1) is 0 Å². The summed E-state index contributed by atoms with van der Waals surface area (Å²) < 4.78 is 10.7. The SMILES string of the molecule is CO[C@H](C)[C@H](NC(=O)O)C(=O)N1CCC[C@]1(C(N)=O)c1nc([C@H]2CC[C@H](c3csc([C@@]4(C(N)=O)CCCN4C(=O)[C@@H](NC(=O)O)[C@@H](C)OC)n3)N2c2ccc(C(C)(C)C)cc2)cs1. The van der Waals surface area contributed by atoms with Crippen molar-refractivity contribution in [1.29, 1.82) is 0 Å². The minimum absolute atomic E-state index is 0.128. The average Bonchev–Trinajstić information content (AvgIpc) is 4.08. The molecule has 0 radical (unpaired) electrons. The van der Waals surface area contributed by atoms with Gasteiger partial charge in [-0.05, 0) is 75.5 Å². The number of ether oxygens (including phenoxy) is 2. The van der Waals surface area contributed by atoms with E-state index < -0.39 is 71.2 Å². The van der Waals surface area contributed by atoms with Gasteiger partial charge in [0.1, 0.15) is 22.1 Å². The predicted molar refractivity (Wildman–Crippen MR) is 233 cm³/mol. The Morgan fingerprint density at radius 1 is 0.746 bits per heavy atom. The normalized spacial score (nSPS) is 24.5. The Labute approximate surface area is 373 Å². The number of carbonyl (C=O) groups excluding carboxylic acids is 4. The number of methoxy groups -OCH3 is 2. The molecular formula is C42H57N9O10S2. The maximum absolute atomic E-state index is 14.1. The molecule has 8 N–H and O–H groups in total. The number of nitrogens with two attached hydrogens (primary N) is 2. The van der Waals surface area contributed by atoms with Crippen molar-refractivity contribution in [3.05, 3.63) is 62.0 Å². The zero-order valence-electron chi connectivity index (χ0n) is 36.5. The lowest BCUT2D eigenvalue weighted by atomic mass is 9.87. The number of nitrogens with one attached hydrogen (secondary N) is 2. The van der Waals surface area contributed by atoms with Crippen molar-refractivity contribution in [1.82, 2.24) is 30.4 Å². The Balaban J connectivity index is 1.39. The summed E-state index contributed by atoms with van der Waals surface area (Å²) in [7, 11) is 2.72. The molecule has 3 aliphatic heterocycles. The van der Waals surface area contributed by atoms with E-state index in [1.807, 2.05) is 22.9 Å². The molecule has 6 rings (SSSR count). The molecule has 6 amide bonds. The molecule has 0 saturated carbocycles. The highest BCUT2D eigenvalue weighted by Crippen LogP contribution is 2.50. The molecule has 8 atom stereocenters. The third-order valence-electron chi connectivity index (χ3n) is 12.7. The second kappa shape index (κ2) is 18.4. The van der Waals surface area contributed by atoms with Gasteiger partial charge >= 0.3 is 12.2 Å². The van der Waals surface area contributed by atoms with Crippen LogP contribution in [0.25, 0.3) is 0 Å². The fourth-order valence-corrected chi connectivity index (χ4v) is 11.4. The van der Waals surface area contributed by atoms with Crippen LogP contribution in [0.1, 0.15) is 112 Å². The molecule has 0 unspecified atom stereocenters. The first-order chi connectivity index (χ1) is 29.7. The van der Waals surface area contributed by atoms with Gasteiger partial charge < -0.3 is 56.5 Å². The van der Waals surface area contributed by atoms with Crippen molar-refractivity contribution in [2.24, 2.45) is 11.5 Å². The summed E-state index contributed by atoms with van der Waals surface area (Å²) in [5.41, 5.74) is 12.1. The quantitative estimate of drug-likeness (QED) is 0.126. The van der Waals surface area contributed by atoms with Crippen LogP contribution in [0.4, 0.5) is 15.3 Å². The lowest BCUT2D eigenvalue weighted by Gasteiger charge is -2.37. The Morgan fingerprint density at radius 3 is 1.48 bits per heavy atom. The number of nitrogens with zero attached hydrogens (tertiary/aromatic N) is 5. The summed E-state index contributed by atoms with van der Waals surface area (Å²) >= 11 is 2.41. The third-order valence-corrected chi connectivity index (χ3v) is 14.8. The minimum Gasteiger partial charge on any atom is -0.465 e. The second-order valence-corrected chi connectivity index (χ2v) is 19.1. The van der Waals surface area contributed by atoms with Crippen molar-refractivity contribution in [3.63, 3.8) is 0 Å². The van der Waals surface area contributed by atoms with Crippen LogP contribution in [-0.2, 0) is 45.1 Å². The molecule has 2 aromatic heterocycles. The van der Waals surface area contributed by atoms with E-state index in [1.54, 1.807) is 13.8 Å². The van der Waals surface area contributed by atoms with Gasteiger partial charge in [-0.1, -0.05) is 32.9 Å². The van der Waals surface area contributed by atoms with Crippen LogP contribution in [0.15, 0.2) is 35.0 Å². The Hall–Kier alpha value is -5.38. The second-order valence-electron chi connectivity index (χ2n) is 17.3. The molecule has 342 valence electrons. The number of likely N-dealkylation sites (tertiary alicyclic amines) is 2. The van der Waals surface area contributed by atoms with E-state index >= 15 is 0 Å². The van der Waals surface area contributed by atoms with E-state index in [2.05, 4.69) is 48.4 Å². The van der Waals surface area contributed by atoms with Crippen molar-refractivity contribution < 1.29 is 48.5 Å². The Bertz CT molecular complexity index is 2090. The van der Waals surface area contributed by atoms with E-state index in [-0.39, 0.29) is 43.4 Å². The average molecular weight is 912 g/mol. The summed E-state index contributed by atoms with van der Waals surface area (Å²) in [5.74, 6) is -2.88. The molecule has 3 saturated heterocycles. The van der Waals surface area contributed by atoms with E-state index in [0.717, 1.165) is 11.3 Å². The summed E-state index contributed by atoms with van der Waals surface area (Å²) in [6, 6.07) is 4.88. The molecule has 3 aliphatic rings. The van der Waals surface area contributed by atoms with Gasteiger partial charge in [-0.15, -0.1) is 22.7 Å². The molecule has 3 fully saturated rings. The number of hydrogen-bond donors (Lipinski definition) is 6. The van der Waals surface area contributed by atoms with Gasteiger partial charge in [-0.2, -0.15) is 0 Å². The van der Waals surface area contributed by atoms with Gasteiger partial charge in [0.25, 0.3) is 11.8 Å². The zero-order valence-corrected chi connectivity index (χ0v) is 38.1. The first-order valence-electron chi connectivity index (χ1n) is 20.8. The highest BCUT2D eigenvalue weighted by molar-refractivity contribution is 7.10. The van der Waals surface area contributed by atoms with Gasteiger partial charge in [0, 0.05) is 43.8 Å². The number of carboxylic acid groups (broad SMARTS) is 2. The molecule has 21 heteroatoms. The van der Waals surface area contributed by atoms with Crippen LogP contribution in [-0.4, -0.2) is 117 Å². The van der Waals surface area contributed by atoms with Crippen LogP contribution < -0.4 is 27.0 Å². The number of amides is 6. The Morgan fingerprint density at radius 2 is 1.14 bits per heavy atom. The molecule has 19 nitrogen and oxygen atoms in total. The van der Waals surface area contributed by atoms with Gasteiger partial charge in [0.15, 0.2) is 11.1 Å². The van der Waals surface area contributed by atoms with Gasteiger partial charge in [0.05, 0.1) is 35.7 Å². The topological polar surface area (TPSA) is 273 Å². The standard InChI is InChI=1S/C42H57N9O10S2/c1-22(60-6)30(47-38(56)57)32(52)49-18-8-16-41(49,34(43)54)36-45-26(20-62-36)28-14-15-29(51(28)25-12-10-24(11-13-25)40(3,4)5)27-21-63-37(46-27)42(35(44)55)17-9-19-50(42)33(53)31(23(2)61-7)48-39(58)59/h10-13,20-23,28-31,47-48H,8-9,14-19H2,1-7H3,(H2,43,54)(H2,44,55)(H,56,57)(H,58,59)/t22-,23-,28-,29-,30+,31+,41+,42+/m1/s1. The lowest BCUT2D eigenvalue weighted by Crippen LogP contribution is -2.60. The highest BCUT2D eigenvalue weighted by Gasteiger charge is 2.56. The monoisotopic (exact) mass is 911 g/mol. The summed E-state index contributed by atoms with van der Waals surface area (Å²) in [6.07, 6.45) is -2.15. The van der Waals surface area contributed by atoms with Gasteiger partial charge in [-0.3, -0.25) is 19.2 Å². The molecule has 0 spiro atoms. The molecule has 0 aliphatic carbocycles. The van der Waals surface area contributed by atoms with Crippen molar-refractivity contribution in [2.75, 3.05) is 32.2 Å². The van der Waals surface area contributed by atoms with Crippen molar-refractivity contribution >= 4 is 64.2 Å². The lowest BCUT2D eigenvalue weighted by molar-refractivity contribution is -0.148. The van der Waals surface area contributed by atoms with Gasteiger partial charge in [0.2, 0.25) is 11.8 Å². The number of primary amides is 2. The number of hydrogen-bond acceptors (Lipinski definition) is 13. The number of benzene rings is 1. The van der Waals surface area contributed by atoms with Gasteiger partial charge in [-0.25, -0.2) is 19.6 Å². The van der Waals surface area contributed by atoms with Crippen molar-refractivity contribution in [2.45, 2.75) is 126 Å². The van der Waals surface area contributed by atoms with Crippen LogP contribution in [0.3, 0.4) is 0 Å². The zero-order chi connectivity index (χ0) is 46.2. The number of aromatic nitrogens is 2. The fraction of sp³-hybridized carbons (Fsp3) is 0.571. The third kappa shape index (κ3) is 8.67. The fourth-order valence-electron chi connectivity index (χ4n) is 9.18. The number of carbonyl (C=O) groups is 6. The number of rotatable bonds is 15. The molecule has 0 bridgehead atoms. The molecular weight excluding hydrogens is 855 g/mol. The molecule has 63 heavy (non-hydrogen) atoms. The van der Waals surface area contributed by atoms with E-state index in [1.165, 1.54) is 46.7 Å². The number of thiazole rings is 2. The Kier molecular flexibility index (Phi) is 13.7. The number of anilines is 1. The first-order valence-corrected chi connectivity index (χ1v) is 22.6. The first kappa shape index (κ1) is 47.1. The molecule has 3 aromatic rings. The molecule has 5 heterocycles. The summed E-state index contributed by atoms with van der Waals surface area (Å²) in [5, 5.41) is 28.0.